The largest absolute Gasteiger partial charge is 0.478 e. The summed E-state index contributed by atoms with van der Waals surface area (Å²) in [6, 6.07) is 12.4. The van der Waals surface area contributed by atoms with Crippen LogP contribution in [0.25, 0.3) is 0 Å². The first-order valence-electron chi connectivity index (χ1n) is 7.15. The first kappa shape index (κ1) is 15.7. The van der Waals surface area contributed by atoms with Crippen LogP contribution in [0.2, 0.25) is 0 Å². The SMILES string of the molecule is CC(C)CC(NCc1cc(C(=O)O)cs1)c1ccccc1. The van der Waals surface area contributed by atoms with Crippen molar-refractivity contribution in [2.24, 2.45) is 5.92 Å². The van der Waals surface area contributed by atoms with Gasteiger partial charge in [0.25, 0.3) is 0 Å². The van der Waals surface area contributed by atoms with Crippen molar-refractivity contribution in [2.45, 2.75) is 32.9 Å². The molecule has 21 heavy (non-hydrogen) atoms. The molecule has 2 rings (SSSR count). The maximum atomic E-state index is 10.9. The fourth-order valence-corrected chi connectivity index (χ4v) is 3.11. The van der Waals surface area contributed by atoms with Gasteiger partial charge in [0.05, 0.1) is 5.56 Å². The van der Waals surface area contributed by atoms with E-state index in [9.17, 15) is 4.79 Å². The predicted octanol–water partition coefficient (Wildman–Crippen LogP) is 4.32. The van der Waals surface area contributed by atoms with E-state index in [1.54, 1.807) is 11.4 Å². The van der Waals surface area contributed by atoms with Crippen molar-refractivity contribution < 1.29 is 9.90 Å². The molecule has 3 nitrogen and oxygen atoms in total. The van der Waals surface area contributed by atoms with Crippen molar-refractivity contribution in [1.82, 2.24) is 5.32 Å². The van der Waals surface area contributed by atoms with Crippen LogP contribution >= 0.6 is 11.3 Å². The molecule has 0 aliphatic carbocycles. The quantitative estimate of drug-likeness (QED) is 0.800. The molecule has 0 saturated carbocycles. The molecule has 1 heterocycles. The first-order valence-corrected chi connectivity index (χ1v) is 8.03. The lowest BCUT2D eigenvalue weighted by Crippen LogP contribution is -2.22. The number of rotatable bonds is 7. The van der Waals surface area contributed by atoms with E-state index in [2.05, 4.69) is 43.4 Å². The first-order chi connectivity index (χ1) is 10.1. The van der Waals surface area contributed by atoms with E-state index in [1.807, 2.05) is 6.07 Å². The van der Waals surface area contributed by atoms with E-state index >= 15 is 0 Å². The summed E-state index contributed by atoms with van der Waals surface area (Å²) >= 11 is 1.49. The maximum Gasteiger partial charge on any atom is 0.336 e. The van der Waals surface area contributed by atoms with Crippen molar-refractivity contribution in [3.63, 3.8) is 0 Å². The molecule has 4 heteroatoms. The van der Waals surface area contributed by atoms with Gasteiger partial charge in [0.1, 0.15) is 0 Å². The van der Waals surface area contributed by atoms with Crippen LogP contribution in [0, 0.1) is 5.92 Å². The molecule has 2 N–H and O–H groups in total. The number of hydrogen-bond acceptors (Lipinski definition) is 3. The Morgan fingerprint density at radius 2 is 2.00 bits per heavy atom. The highest BCUT2D eigenvalue weighted by molar-refractivity contribution is 7.10. The maximum absolute atomic E-state index is 10.9. The minimum Gasteiger partial charge on any atom is -0.478 e. The Hall–Kier alpha value is -1.65. The Labute approximate surface area is 129 Å². The van der Waals surface area contributed by atoms with Gasteiger partial charge in [-0.2, -0.15) is 0 Å². The summed E-state index contributed by atoms with van der Waals surface area (Å²) in [5.41, 5.74) is 1.65. The van der Waals surface area contributed by atoms with Crippen molar-refractivity contribution in [3.05, 3.63) is 57.8 Å². The van der Waals surface area contributed by atoms with Gasteiger partial charge in [0.2, 0.25) is 0 Å². The van der Waals surface area contributed by atoms with E-state index in [1.165, 1.54) is 16.9 Å². The highest BCUT2D eigenvalue weighted by Gasteiger charge is 2.13. The molecule has 0 aliphatic heterocycles. The van der Waals surface area contributed by atoms with Gasteiger partial charge in [-0.25, -0.2) is 4.79 Å². The lowest BCUT2D eigenvalue weighted by atomic mass is 9.97. The number of nitrogens with one attached hydrogen (secondary N) is 1. The second-order valence-electron chi connectivity index (χ2n) is 5.58. The second kappa shape index (κ2) is 7.38. The van der Waals surface area contributed by atoms with Gasteiger partial charge in [-0.15, -0.1) is 11.3 Å². The molecule has 1 atom stereocenters. The fourth-order valence-electron chi connectivity index (χ4n) is 2.30. The molecule has 1 aromatic carbocycles. The van der Waals surface area contributed by atoms with E-state index < -0.39 is 5.97 Å². The van der Waals surface area contributed by atoms with Crippen LogP contribution in [-0.4, -0.2) is 11.1 Å². The van der Waals surface area contributed by atoms with Crippen LogP contribution in [0.1, 0.15) is 47.1 Å². The lowest BCUT2D eigenvalue weighted by Gasteiger charge is -2.21. The van der Waals surface area contributed by atoms with Crippen LogP contribution in [0.3, 0.4) is 0 Å². The van der Waals surface area contributed by atoms with Crippen LogP contribution in [0.5, 0.6) is 0 Å². The Morgan fingerprint density at radius 1 is 1.29 bits per heavy atom. The van der Waals surface area contributed by atoms with Gasteiger partial charge >= 0.3 is 5.97 Å². The highest BCUT2D eigenvalue weighted by atomic mass is 32.1. The Kier molecular flexibility index (Phi) is 5.53. The number of carboxylic acid groups (broad SMARTS) is 1. The van der Waals surface area contributed by atoms with Gasteiger partial charge < -0.3 is 10.4 Å². The third kappa shape index (κ3) is 4.69. The summed E-state index contributed by atoms with van der Waals surface area (Å²) in [4.78, 5) is 12.0. The Bertz CT molecular complexity index is 577. The zero-order valence-corrected chi connectivity index (χ0v) is 13.2. The fraction of sp³-hybridized carbons (Fsp3) is 0.353. The van der Waals surface area contributed by atoms with Crippen molar-refractivity contribution >= 4 is 17.3 Å². The van der Waals surface area contributed by atoms with Gasteiger partial charge in [0.15, 0.2) is 0 Å². The summed E-state index contributed by atoms with van der Waals surface area (Å²) in [6.45, 7) is 5.13. The number of benzene rings is 1. The van der Waals surface area contributed by atoms with Crippen LogP contribution < -0.4 is 5.32 Å². The van der Waals surface area contributed by atoms with Crippen molar-refractivity contribution in [2.75, 3.05) is 0 Å². The van der Waals surface area contributed by atoms with Gasteiger partial charge in [0, 0.05) is 22.8 Å². The molecule has 1 aromatic heterocycles. The van der Waals surface area contributed by atoms with E-state index in [0.717, 1.165) is 11.3 Å². The zero-order valence-electron chi connectivity index (χ0n) is 12.4. The van der Waals surface area contributed by atoms with E-state index in [4.69, 9.17) is 5.11 Å². The molecular formula is C17H21NO2S. The molecule has 0 bridgehead atoms. The normalized spacial score (nSPS) is 12.5. The number of carboxylic acids is 1. The second-order valence-corrected chi connectivity index (χ2v) is 6.58. The average Bonchev–Trinajstić information content (AvgIpc) is 2.93. The van der Waals surface area contributed by atoms with E-state index in [-0.39, 0.29) is 0 Å². The summed E-state index contributed by atoms with van der Waals surface area (Å²) < 4.78 is 0. The third-order valence-electron chi connectivity index (χ3n) is 3.33. The molecule has 2 aromatic rings. The summed E-state index contributed by atoms with van der Waals surface area (Å²) in [6.07, 6.45) is 1.06. The minimum absolute atomic E-state index is 0.293. The van der Waals surface area contributed by atoms with Crippen LogP contribution in [0.4, 0.5) is 0 Å². The number of aromatic carboxylic acids is 1. The molecule has 1 unspecified atom stereocenters. The molecule has 0 spiro atoms. The van der Waals surface area contributed by atoms with Gasteiger partial charge in [-0.05, 0) is 24.0 Å². The summed E-state index contributed by atoms with van der Waals surface area (Å²) in [7, 11) is 0. The van der Waals surface area contributed by atoms with Crippen LogP contribution in [0.15, 0.2) is 41.8 Å². The Morgan fingerprint density at radius 3 is 2.57 bits per heavy atom. The predicted molar refractivity (Wildman–Crippen MR) is 86.8 cm³/mol. The van der Waals surface area contributed by atoms with Crippen molar-refractivity contribution in [1.29, 1.82) is 0 Å². The van der Waals surface area contributed by atoms with E-state index in [0.29, 0.717) is 24.1 Å². The number of thiophene rings is 1. The van der Waals surface area contributed by atoms with Gasteiger partial charge in [-0.3, -0.25) is 0 Å². The standard InChI is InChI=1S/C17H21NO2S/c1-12(2)8-16(13-6-4-3-5-7-13)18-10-15-9-14(11-21-15)17(19)20/h3-7,9,11-12,16,18H,8,10H2,1-2H3,(H,19,20). The van der Waals surface area contributed by atoms with Crippen LogP contribution in [-0.2, 0) is 6.54 Å². The molecule has 0 amide bonds. The monoisotopic (exact) mass is 303 g/mol. The number of carbonyl (C=O) groups is 1. The van der Waals surface area contributed by atoms with Gasteiger partial charge in [-0.1, -0.05) is 44.2 Å². The number of hydrogen-bond donors (Lipinski definition) is 2. The summed E-state index contributed by atoms with van der Waals surface area (Å²) in [5, 5.41) is 14.2. The molecule has 0 saturated heterocycles. The topological polar surface area (TPSA) is 49.3 Å². The molecule has 0 radical (unpaired) electrons. The molecular weight excluding hydrogens is 282 g/mol. The minimum atomic E-state index is -0.862. The Balaban J connectivity index is 2.03. The average molecular weight is 303 g/mol. The van der Waals surface area contributed by atoms with Crippen molar-refractivity contribution in [3.8, 4) is 0 Å². The summed E-state index contributed by atoms with van der Waals surface area (Å²) in [5.74, 6) is -0.264. The smallest absolute Gasteiger partial charge is 0.336 e. The molecule has 112 valence electrons. The molecule has 0 aliphatic rings. The third-order valence-corrected chi connectivity index (χ3v) is 4.27. The zero-order chi connectivity index (χ0) is 15.2. The highest BCUT2D eigenvalue weighted by Crippen LogP contribution is 2.23. The molecule has 0 fully saturated rings. The lowest BCUT2D eigenvalue weighted by molar-refractivity contribution is 0.0697.